The van der Waals surface area contributed by atoms with Crippen molar-refractivity contribution < 1.29 is 9.53 Å². The van der Waals surface area contributed by atoms with Crippen LogP contribution in [0.15, 0.2) is 59.4 Å². The van der Waals surface area contributed by atoms with Crippen LogP contribution in [0.25, 0.3) is 5.69 Å². The van der Waals surface area contributed by atoms with Crippen LogP contribution >= 0.6 is 0 Å². The number of rotatable bonds is 6. The minimum atomic E-state index is -0.779. The second kappa shape index (κ2) is 8.73. The van der Waals surface area contributed by atoms with Crippen LogP contribution in [0.4, 0.5) is 5.69 Å². The number of aromatic nitrogens is 2. The summed E-state index contributed by atoms with van der Waals surface area (Å²) in [6.45, 7) is 7.68. The van der Waals surface area contributed by atoms with Crippen LogP contribution in [-0.2, 0) is 11.2 Å². The van der Waals surface area contributed by atoms with Crippen LogP contribution in [0.5, 0.6) is 5.88 Å². The molecule has 1 unspecified atom stereocenters. The summed E-state index contributed by atoms with van der Waals surface area (Å²) in [5.41, 5.74) is 4.43. The summed E-state index contributed by atoms with van der Waals surface area (Å²) in [7, 11) is 0. The molecule has 0 aliphatic rings. The molecule has 6 nitrogen and oxygen atoms in total. The fourth-order valence-corrected chi connectivity index (χ4v) is 2.85. The maximum absolute atomic E-state index is 12.5. The predicted octanol–water partition coefficient (Wildman–Crippen LogP) is 3.82. The third-order valence-electron chi connectivity index (χ3n) is 4.78. The molecular weight excluding hydrogens is 366 g/mol. The van der Waals surface area contributed by atoms with Crippen molar-refractivity contribution in [3.05, 3.63) is 81.6 Å². The molecule has 2 aromatic carbocycles. The molecule has 3 aromatic rings. The van der Waals surface area contributed by atoms with Crippen molar-refractivity contribution in [2.75, 3.05) is 5.32 Å². The highest BCUT2D eigenvalue weighted by Gasteiger charge is 2.16. The van der Waals surface area contributed by atoms with Crippen molar-refractivity contribution in [2.45, 2.75) is 40.2 Å². The Bertz CT molecular complexity index is 1090. The summed E-state index contributed by atoms with van der Waals surface area (Å²) >= 11 is 0. The summed E-state index contributed by atoms with van der Waals surface area (Å²) in [6, 6.07) is 16.2. The summed E-state index contributed by atoms with van der Waals surface area (Å²) in [5, 5.41) is 7.12. The van der Waals surface area contributed by atoms with E-state index in [1.807, 2.05) is 56.3 Å². The van der Waals surface area contributed by atoms with Crippen LogP contribution in [0.2, 0.25) is 0 Å². The van der Waals surface area contributed by atoms with Gasteiger partial charge in [-0.25, -0.2) is 0 Å². The minimum Gasteiger partial charge on any atom is -0.463 e. The zero-order valence-corrected chi connectivity index (χ0v) is 17.1. The lowest BCUT2D eigenvalue weighted by Gasteiger charge is -2.15. The Morgan fingerprint density at radius 3 is 2.62 bits per heavy atom. The topological polar surface area (TPSA) is 73.2 Å². The number of anilines is 1. The van der Waals surface area contributed by atoms with Gasteiger partial charge < -0.3 is 10.1 Å². The molecule has 6 heteroatoms. The molecular formula is C23H25N3O3. The van der Waals surface area contributed by atoms with E-state index in [4.69, 9.17) is 4.74 Å². The summed E-state index contributed by atoms with van der Waals surface area (Å²) < 4.78 is 6.97. The van der Waals surface area contributed by atoms with Gasteiger partial charge in [-0.05, 0) is 68.1 Å². The summed E-state index contributed by atoms with van der Waals surface area (Å²) in [5.74, 6) is -0.0863. The lowest BCUT2D eigenvalue weighted by atomic mass is 10.1. The highest BCUT2D eigenvalue weighted by Crippen LogP contribution is 2.15. The van der Waals surface area contributed by atoms with Gasteiger partial charge in [-0.2, -0.15) is 4.68 Å². The van der Waals surface area contributed by atoms with Crippen molar-refractivity contribution in [1.29, 1.82) is 0 Å². The zero-order chi connectivity index (χ0) is 21.0. The summed E-state index contributed by atoms with van der Waals surface area (Å²) in [4.78, 5) is 24.7. The Balaban J connectivity index is 1.76. The molecule has 0 aliphatic heterocycles. The number of hydrogen-bond acceptors (Lipinski definition) is 4. The fraction of sp³-hybridized carbons (Fsp3) is 0.261. The van der Waals surface area contributed by atoms with Crippen LogP contribution in [-0.4, -0.2) is 21.8 Å². The molecule has 1 amide bonds. The van der Waals surface area contributed by atoms with Gasteiger partial charge in [0.1, 0.15) is 0 Å². The highest BCUT2D eigenvalue weighted by molar-refractivity contribution is 5.94. The number of aryl methyl sites for hydroxylation is 3. The molecule has 150 valence electrons. The molecule has 0 saturated carbocycles. The maximum atomic E-state index is 12.5. The van der Waals surface area contributed by atoms with E-state index < -0.39 is 6.10 Å². The normalized spacial score (nSPS) is 11.7. The summed E-state index contributed by atoms with van der Waals surface area (Å²) in [6.07, 6.45) is 0.109. The highest BCUT2D eigenvalue weighted by atomic mass is 16.5. The quantitative estimate of drug-likeness (QED) is 0.693. The first-order valence-electron chi connectivity index (χ1n) is 9.62. The average molecular weight is 391 g/mol. The van der Waals surface area contributed by atoms with Crippen molar-refractivity contribution >= 4 is 11.6 Å². The Morgan fingerprint density at radius 2 is 1.90 bits per heavy atom. The fourth-order valence-electron chi connectivity index (χ4n) is 2.85. The van der Waals surface area contributed by atoms with Gasteiger partial charge in [0, 0.05) is 17.8 Å². The number of hydrogen-bond donors (Lipinski definition) is 1. The second-order valence-corrected chi connectivity index (χ2v) is 6.99. The number of carbonyl (C=O) groups excluding carboxylic acids is 1. The van der Waals surface area contributed by atoms with Crippen molar-refractivity contribution in [2.24, 2.45) is 0 Å². The molecule has 1 atom stereocenters. The number of ether oxygens (including phenoxy) is 1. The van der Waals surface area contributed by atoms with Gasteiger partial charge in [0.2, 0.25) is 5.88 Å². The molecule has 1 aromatic heterocycles. The predicted molar refractivity (Wildman–Crippen MR) is 114 cm³/mol. The van der Waals surface area contributed by atoms with E-state index in [2.05, 4.69) is 17.3 Å². The first-order valence-corrected chi connectivity index (χ1v) is 9.62. The van der Waals surface area contributed by atoms with Gasteiger partial charge in [-0.3, -0.25) is 9.59 Å². The van der Waals surface area contributed by atoms with Crippen molar-refractivity contribution in [1.82, 2.24) is 9.78 Å². The van der Waals surface area contributed by atoms with Crippen molar-refractivity contribution in [3.63, 3.8) is 0 Å². The van der Waals surface area contributed by atoms with E-state index in [1.165, 1.54) is 16.8 Å². The standard InChI is InChI=1S/C23H25N3O3/c1-5-18-7-6-8-19(14-18)24-23(28)17(4)29-21-11-12-22(27)26(25-21)20-10-9-15(2)16(3)13-20/h6-14,17H,5H2,1-4H3,(H,24,28). The Kier molecular flexibility index (Phi) is 6.12. The zero-order valence-electron chi connectivity index (χ0n) is 17.1. The third-order valence-corrected chi connectivity index (χ3v) is 4.78. The van der Waals surface area contributed by atoms with E-state index in [0.29, 0.717) is 5.69 Å². The first kappa shape index (κ1) is 20.3. The lowest BCUT2D eigenvalue weighted by molar-refractivity contribution is -0.122. The van der Waals surface area contributed by atoms with Gasteiger partial charge in [0.15, 0.2) is 6.10 Å². The molecule has 1 heterocycles. The van der Waals surface area contributed by atoms with Crippen LogP contribution in [0, 0.1) is 13.8 Å². The molecule has 0 bridgehead atoms. The van der Waals surface area contributed by atoms with E-state index >= 15 is 0 Å². The van der Waals surface area contributed by atoms with Crippen LogP contribution in [0.1, 0.15) is 30.5 Å². The molecule has 1 N–H and O–H groups in total. The van der Waals surface area contributed by atoms with Gasteiger partial charge in [0.05, 0.1) is 5.69 Å². The van der Waals surface area contributed by atoms with E-state index in [-0.39, 0.29) is 17.3 Å². The largest absolute Gasteiger partial charge is 0.463 e. The molecule has 29 heavy (non-hydrogen) atoms. The number of nitrogens with one attached hydrogen (secondary N) is 1. The molecule has 3 rings (SSSR count). The molecule has 0 saturated heterocycles. The SMILES string of the molecule is CCc1cccc(NC(=O)C(C)Oc2ccc(=O)n(-c3ccc(C)c(C)c3)n2)c1. The Hall–Kier alpha value is -3.41. The Morgan fingerprint density at radius 1 is 1.10 bits per heavy atom. The smallest absolute Gasteiger partial charge is 0.271 e. The molecule has 0 radical (unpaired) electrons. The number of nitrogens with zero attached hydrogens (tertiary/aromatic N) is 2. The van der Waals surface area contributed by atoms with Gasteiger partial charge in [0.25, 0.3) is 11.5 Å². The second-order valence-electron chi connectivity index (χ2n) is 6.99. The van der Waals surface area contributed by atoms with Gasteiger partial charge >= 0.3 is 0 Å². The van der Waals surface area contributed by atoms with E-state index in [1.54, 1.807) is 6.92 Å². The molecule has 0 fully saturated rings. The number of benzene rings is 2. The minimum absolute atomic E-state index is 0.202. The molecule has 0 aliphatic carbocycles. The maximum Gasteiger partial charge on any atom is 0.271 e. The Labute approximate surface area is 170 Å². The van der Waals surface area contributed by atoms with E-state index in [9.17, 15) is 9.59 Å². The van der Waals surface area contributed by atoms with Crippen LogP contribution in [0.3, 0.4) is 0 Å². The molecule has 0 spiro atoms. The van der Waals surface area contributed by atoms with Gasteiger partial charge in [-0.1, -0.05) is 25.1 Å². The number of carbonyl (C=O) groups is 1. The van der Waals surface area contributed by atoms with Crippen molar-refractivity contribution in [3.8, 4) is 11.6 Å². The number of amides is 1. The average Bonchev–Trinajstić information content (AvgIpc) is 2.71. The monoisotopic (exact) mass is 391 g/mol. The lowest BCUT2D eigenvalue weighted by Crippen LogP contribution is -2.31. The third kappa shape index (κ3) is 4.90. The van der Waals surface area contributed by atoms with Gasteiger partial charge in [-0.15, -0.1) is 5.10 Å². The van der Waals surface area contributed by atoms with Crippen LogP contribution < -0.4 is 15.6 Å². The first-order chi connectivity index (χ1) is 13.9. The van der Waals surface area contributed by atoms with E-state index in [0.717, 1.165) is 28.8 Å².